The van der Waals surface area contributed by atoms with E-state index in [2.05, 4.69) is 17.4 Å². The summed E-state index contributed by atoms with van der Waals surface area (Å²) in [5.41, 5.74) is 1.23. The molecule has 0 aromatic heterocycles. The van der Waals surface area contributed by atoms with Crippen molar-refractivity contribution in [3.63, 3.8) is 0 Å². The van der Waals surface area contributed by atoms with Crippen LogP contribution in [0.2, 0.25) is 0 Å². The van der Waals surface area contributed by atoms with Gasteiger partial charge in [0.15, 0.2) is 0 Å². The molecule has 0 spiro atoms. The second-order valence-electron chi connectivity index (χ2n) is 5.43. The molecule has 2 aromatic carbocycles. The first-order chi connectivity index (χ1) is 11.7. The van der Waals surface area contributed by atoms with Crippen LogP contribution in [0, 0.1) is 0 Å². The monoisotopic (exact) mass is 345 g/mol. The Morgan fingerprint density at radius 2 is 1.75 bits per heavy atom. The summed E-state index contributed by atoms with van der Waals surface area (Å²) >= 11 is 1.61. The maximum atomic E-state index is 11.9. The average molecular weight is 345 g/mol. The van der Waals surface area contributed by atoms with Crippen LogP contribution in [0.5, 0.6) is 11.5 Å². The first kappa shape index (κ1) is 18.2. The van der Waals surface area contributed by atoms with Crippen LogP contribution in [0.4, 0.5) is 0 Å². The predicted octanol–water partition coefficient (Wildman–Crippen LogP) is 3.51. The van der Waals surface area contributed by atoms with Crippen LogP contribution in [0.15, 0.2) is 54.6 Å². The average Bonchev–Trinajstić information content (AvgIpc) is 2.61. The van der Waals surface area contributed by atoms with Gasteiger partial charge in [0.05, 0.1) is 18.9 Å². The van der Waals surface area contributed by atoms with E-state index in [-0.39, 0.29) is 11.9 Å². The van der Waals surface area contributed by atoms with Gasteiger partial charge in [0.1, 0.15) is 18.1 Å². The minimum atomic E-state index is -0.0445. The minimum absolute atomic E-state index is 0.0294. The molecule has 5 heteroatoms. The van der Waals surface area contributed by atoms with Gasteiger partial charge in [-0.25, -0.2) is 0 Å². The van der Waals surface area contributed by atoms with Crippen LogP contribution < -0.4 is 14.8 Å². The van der Waals surface area contributed by atoms with Crippen LogP contribution in [0.3, 0.4) is 0 Å². The highest BCUT2D eigenvalue weighted by molar-refractivity contribution is 7.99. The second kappa shape index (κ2) is 9.88. The van der Waals surface area contributed by atoms with Gasteiger partial charge in [0, 0.05) is 5.75 Å². The van der Waals surface area contributed by atoms with Crippen molar-refractivity contribution in [3.8, 4) is 11.5 Å². The van der Waals surface area contributed by atoms with Crippen LogP contribution >= 0.6 is 11.8 Å². The van der Waals surface area contributed by atoms with Gasteiger partial charge in [0.25, 0.3) is 0 Å². The molecule has 0 saturated heterocycles. The lowest BCUT2D eigenvalue weighted by atomic mass is 10.2. The highest BCUT2D eigenvalue weighted by Gasteiger charge is 2.08. The summed E-state index contributed by atoms with van der Waals surface area (Å²) in [6.07, 6.45) is 0. The number of hydrogen-bond donors (Lipinski definition) is 1. The summed E-state index contributed by atoms with van der Waals surface area (Å²) in [4.78, 5) is 11.9. The number of carbonyl (C=O) groups is 1. The van der Waals surface area contributed by atoms with Gasteiger partial charge in [-0.3, -0.25) is 4.79 Å². The highest BCUT2D eigenvalue weighted by atomic mass is 32.2. The van der Waals surface area contributed by atoms with E-state index in [9.17, 15) is 4.79 Å². The van der Waals surface area contributed by atoms with Gasteiger partial charge in [-0.1, -0.05) is 30.3 Å². The zero-order valence-corrected chi connectivity index (χ0v) is 14.8. The van der Waals surface area contributed by atoms with Crippen LogP contribution in [0.25, 0.3) is 0 Å². The van der Waals surface area contributed by atoms with Gasteiger partial charge < -0.3 is 14.8 Å². The Morgan fingerprint density at radius 1 is 1.08 bits per heavy atom. The van der Waals surface area contributed by atoms with E-state index >= 15 is 0 Å². The van der Waals surface area contributed by atoms with Crippen molar-refractivity contribution in [2.24, 2.45) is 0 Å². The molecule has 0 fully saturated rings. The van der Waals surface area contributed by atoms with Crippen LogP contribution in [0.1, 0.15) is 12.5 Å². The zero-order valence-electron chi connectivity index (χ0n) is 14.0. The molecule has 128 valence electrons. The second-order valence-corrected chi connectivity index (χ2v) is 6.42. The number of methoxy groups -OCH3 is 1. The molecule has 2 aromatic rings. The Kier molecular flexibility index (Phi) is 7.49. The molecule has 4 nitrogen and oxygen atoms in total. The van der Waals surface area contributed by atoms with E-state index in [1.807, 2.05) is 49.4 Å². The first-order valence-corrected chi connectivity index (χ1v) is 9.00. The standard InChI is InChI=1S/C19H23NO3S/c1-15(12-23-18-10-8-17(22-2)9-11-18)20-19(21)14-24-13-16-6-4-3-5-7-16/h3-11,15H,12-14H2,1-2H3,(H,20,21)/t15-/m0/s1. The summed E-state index contributed by atoms with van der Waals surface area (Å²) in [5, 5.41) is 2.95. The zero-order chi connectivity index (χ0) is 17.2. The normalized spacial score (nSPS) is 11.6. The van der Waals surface area contributed by atoms with Crippen molar-refractivity contribution < 1.29 is 14.3 Å². The maximum Gasteiger partial charge on any atom is 0.230 e. The largest absolute Gasteiger partial charge is 0.497 e. The molecular formula is C19H23NO3S. The molecule has 0 aliphatic carbocycles. The Morgan fingerprint density at radius 3 is 2.42 bits per heavy atom. The molecule has 0 aliphatic rings. The van der Waals surface area contributed by atoms with Crippen molar-refractivity contribution in [2.75, 3.05) is 19.5 Å². The van der Waals surface area contributed by atoms with E-state index in [0.29, 0.717) is 12.4 Å². The van der Waals surface area contributed by atoms with Crippen molar-refractivity contribution in [1.82, 2.24) is 5.32 Å². The van der Waals surface area contributed by atoms with Crippen molar-refractivity contribution in [1.29, 1.82) is 0 Å². The van der Waals surface area contributed by atoms with Gasteiger partial charge in [0.2, 0.25) is 5.91 Å². The quantitative estimate of drug-likeness (QED) is 0.755. The first-order valence-electron chi connectivity index (χ1n) is 7.85. The minimum Gasteiger partial charge on any atom is -0.497 e. The summed E-state index contributed by atoms with van der Waals surface area (Å²) in [7, 11) is 1.63. The third-order valence-electron chi connectivity index (χ3n) is 3.31. The summed E-state index contributed by atoms with van der Waals surface area (Å²) in [6.45, 7) is 2.37. The Bertz CT molecular complexity index is 616. The molecule has 24 heavy (non-hydrogen) atoms. The fraction of sp³-hybridized carbons (Fsp3) is 0.316. The Hall–Kier alpha value is -2.14. The van der Waals surface area contributed by atoms with Crippen LogP contribution in [-0.4, -0.2) is 31.4 Å². The molecule has 1 amide bonds. The third-order valence-corrected chi connectivity index (χ3v) is 4.32. The maximum absolute atomic E-state index is 11.9. The smallest absolute Gasteiger partial charge is 0.230 e. The number of ether oxygens (including phenoxy) is 2. The number of rotatable bonds is 9. The SMILES string of the molecule is COc1ccc(OC[C@H](C)NC(=O)CSCc2ccccc2)cc1. The van der Waals surface area contributed by atoms with Gasteiger partial charge in [-0.05, 0) is 36.8 Å². The molecule has 0 heterocycles. The van der Waals surface area contributed by atoms with Crippen molar-refractivity contribution in [3.05, 3.63) is 60.2 Å². The summed E-state index contributed by atoms with van der Waals surface area (Å²) < 4.78 is 10.8. The summed E-state index contributed by atoms with van der Waals surface area (Å²) in [5.74, 6) is 2.86. The predicted molar refractivity (Wildman–Crippen MR) is 98.7 cm³/mol. The fourth-order valence-corrected chi connectivity index (χ4v) is 2.89. The van der Waals surface area contributed by atoms with Crippen molar-refractivity contribution in [2.45, 2.75) is 18.7 Å². The van der Waals surface area contributed by atoms with E-state index in [1.54, 1.807) is 18.9 Å². The topological polar surface area (TPSA) is 47.6 Å². The molecular weight excluding hydrogens is 322 g/mol. The molecule has 1 N–H and O–H groups in total. The highest BCUT2D eigenvalue weighted by Crippen LogP contribution is 2.17. The van der Waals surface area contributed by atoms with E-state index in [1.165, 1.54) is 5.56 Å². The molecule has 0 saturated carbocycles. The molecule has 0 bridgehead atoms. The lowest BCUT2D eigenvalue weighted by Gasteiger charge is -2.15. The van der Waals surface area contributed by atoms with Crippen molar-refractivity contribution >= 4 is 17.7 Å². The molecule has 2 rings (SSSR count). The molecule has 1 atom stereocenters. The molecule has 0 aliphatic heterocycles. The Labute approximate surface area is 147 Å². The molecule has 0 radical (unpaired) electrons. The van der Waals surface area contributed by atoms with Gasteiger partial charge in [-0.15, -0.1) is 11.8 Å². The lowest BCUT2D eigenvalue weighted by molar-refractivity contribution is -0.119. The lowest BCUT2D eigenvalue weighted by Crippen LogP contribution is -2.37. The van der Waals surface area contributed by atoms with E-state index < -0.39 is 0 Å². The van der Waals surface area contributed by atoms with E-state index in [4.69, 9.17) is 9.47 Å². The van der Waals surface area contributed by atoms with E-state index in [0.717, 1.165) is 17.3 Å². The number of thioether (sulfide) groups is 1. The number of hydrogen-bond acceptors (Lipinski definition) is 4. The van der Waals surface area contributed by atoms with Gasteiger partial charge in [-0.2, -0.15) is 0 Å². The van der Waals surface area contributed by atoms with Crippen LogP contribution in [-0.2, 0) is 10.5 Å². The number of benzene rings is 2. The number of amides is 1. The Balaban J connectivity index is 1.63. The summed E-state index contributed by atoms with van der Waals surface area (Å²) in [6, 6.07) is 17.5. The number of nitrogens with one attached hydrogen (secondary N) is 1. The fourth-order valence-electron chi connectivity index (χ4n) is 2.09. The van der Waals surface area contributed by atoms with Gasteiger partial charge >= 0.3 is 0 Å². The molecule has 0 unspecified atom stereocenters. The third kappa shape index (κ3) is 6.54. The number of carbonyl (C=O) groups excluding carboxylic acids is 1.